The standard InChI is InChI=1S/C16H20F2N2O3S/c1-2-23-16(22)20-7-5-11(6-8-20)19-15(21)10-24-12-3-4-13(17)14(18)9-12/h3-4,9,11H,2,5-8,10H2,1H3,(H,19,21). The Balaban J connectivity index is 1.71. The molecule has 1 saturated heterocycles. The number of amides is 2. The molecule has 0 saturated carbocycles. The van der Waals surface area contributed by atoms with Gasteiger partial charge in [0.2, 0.25) is 5.91 Å². The number of hydrogen-bond donors (Lipinski definition) is 1. The maximum absolute atomic E-state index is 13.1. The number of thioether (sulfide) groups is 1. The summed E-state index contributed by atoms with van der Waals surface area (Å²) in [5, 5.41) is 2.90. The summed E-state index contributed by atoms with van der Waals surface area (Å²) in [7, 11) is 0. The summed E-state index contributed by atoms with van der Waals surface area (Å²) in [6, 6.07) is 3.56. The molecule has 0 radical (unpaired) electrons. The van der Waals surface area contributed by atoms with Crippen LogP contribution >= 0.6 is 11.8 Å². The van der Waals surface area contributed by atoms with Crippen LogP contribution in [-0.4, -0.2) is 48.4 Å². The largest absolute Gasteiger partial charge is 0.450 e. The number of nitrogens with zero attached hydrogens (tertiary/aromatic N) is 1. The second kappa shape index (κ2) is 8.86. The van der Waals surface area contributed by atoms with Crippen LogP contribution in [0.2, 0.25) is 0 Å². The summed E-state index contributed by atoms with van der Waals surface area (Å²) in [6.07, 6.45) is 1.01. The van der Waals surface area contributed by atoms with E-state index in [-0.39, 0.29) is 23.8 Å². The fraction of sp³-hybridized carbons (Fsp3) is 0.500. The normalized spacial score (nSPS) is 15.2. The maximum atomic E-state index is 13.1. The van der Waals surface area contributed by atoms with E-state index >= 15 is 0 Å². The predicted molar refractivity (Wildman–Crippen MR) is 86.8 cm³/mol. The lowest BCUT2D eigenvalue weighted by atomic mass is 10.1. The number of nitrogens with one attached hydrogen (secondary N) is 1. The van der Waals surface area contributed by atoms with Crippen molar-refractivity contribution in [1.82, 2.24) is 10.2 Å². The zero-order valence-electron chi connectivity index (χ0n) is 13.4. The van der Waals surface area contributed by atoms with Gasteiger partial charge in [-0.05, 0) is 38.0 Å². The van der Waals surface area contributed by atoms with E-state index < -0.39 is 11.6 Å². The monoisotopic (exact) mass is 358 g/mol. The number of carbonyl (C=O) groups excluding carboxylic acids is 2. The molecule has 0 aromatic heterocycles. The van der Waals surface area contributed by atoms with E-state index in [1.807, 2.05) is 0 Å². The van der Waals surface area contributed by atoms with Crippen molar-refractivity contribution >= 4 is 23.8 Å². The van der Waals surface area contributed by atoms with Crippen LogP contribution in [0, 0.1) is 11.6 Å². The van der Waals surface area contributed by atoms with Gasteiger partial charge in [0.1, 0.15) is 0 Å². The van der Waals surface area contributed by atoms with Gasteiger partial charge in [-0.3, -0.25) is 4.79 Å². The molecule has 0 aliphatic carbocycles. The molecule has 0 spiro atoms. The highest BCUT2D eigenvalue weighted by molar-refractivity contribution is 8.00. The zero-order valence-corrected chi connectivity index (χ0v) is 14.2. The van der Waals surface area contributed by atoms with Gasteiger partial charge in [0.25, 0.3) is 0 Å². The van der Waals surface area contributed by atoms with Crippen LogP contribution in [0.15, 0.2) is 23.1 Å². The van der Waals surface area contributed by atoms with E-state index in [9.17, 15) is 18.4 Å². The van der Waals surface area contributed by atoms with Crippen molar-refractivity contribution in [3.8, 4) is 0 Å². The zero-order chi connectivity index (χ0) is 17.5. The molecule has 1 aromatic rings. The van der Waals surface area contributed by atoms with Crippen molar-refractivity contribution in [3.63, 3.8) is 0 Å². The number of rotatable bonds is 5. The molecule has 1 heterocycles. The molecule has 8 heteroatoms. The lowest BCUT2D eigenvalue weighted by molar-refractivity contribution is -0.119. The van der Waals surface area contributed by atoms with Gasteiger partial charge < -0.3 is 15.0 Å². The van der Waals surface area contributed by atoms with Crippen LogP contribution in [0.5, 0.6) is 0 Å². The topological polar surface area (TPSA) is 58.6 Å². The first kappa shape index (κ1) is 18.5. The molecule has 2 rings (SSSR count). The minimum absolute atomic E-state index is 0.00808. The Labute approximate surface area is 143 Å². The van der Waals surface area contributed by atoms with E-state index in [0.717, 1.165) is 23.9 Å². The van der Waals surface area contributed by atoms with E-state index in [0.29, 0.717) is 37.4 Å². The summed E-state index contributed by atoms with van der Waals surface area (Å²) in [5.41, 5.74) is 0. The molecule has 1 fully saturated rings. The third-order valence-corrected chi connectivity index (χ3v) is 4.64. The number of likely N-dealkylation sites (tertiary alicyclic amines) is 1. The smallest absolute Gasteiger partial charge is 0.409 e. The average molecular weight is 358 g/mol. The van der Waals surface area contributed by atoms with Crippen LogP contribution in [0.3, 0.4) is 0 Å². The van der Waals surface area contributed by atoms with Gasteiger partial charge >= 0.3 is 6.09 Å². The second-order valence-corrected chi connectivity index (χ2v) is 6.44. The number of ether oxygens (including phenoxy) is 1. The van der Waals surface area contributed by atoms with Gasteiger partial charge in [0.05, 0.1) is 12.4 Å². The number of benzene rings is 1. The van der Waals surface area contributed by atoms with Crippen molar-refractivity contribution < 1.29 is 23.1 Å². The summed E-state index contributed by atoms with van der Waals surface area (Å²) in [6.45, 7) is 3.19. The molecule has 0 bridgehead atoms. The molecule has 0 atom stereocenters. The Hall–Kier alpha value is -1.83. The Morgan fingerprint density at radius 3 is 2.62 bits per heavy atom. The highest BCUT2D eigenvalue weighted by atomic mass is 32.2. The van der Waals surface area contributed by atoms with Gasteiger partial charge in [0, 0.05) is 24.0 Å². The first-order valence-corrected chi connectivity index (χ1v) is 8.77. The van der Waals surface area contributed by atoms with Crippen LogP contribution in [0.1, 0.15) is 19.8 Å². The van der Waals surface area contributed by atoms with Gasteiger partial charge in [-0.1, -0.05) is 0 Å². The predicted octanol–water partition coefficient (Wildman–Crippen LogP) is 2.79. The number of halogens is 2. The summed E-state index contributed by atoms with van der Waals surface area (Å²) in [4.78, 5) is 25.7. The molecule has 0 unspecified atom stereocenters. The van der Waals surface area contributed by atoms with Gasteiger partial charge in [-0.2, -0.15) is 0 Å². The summed E-state index contributed by atoms with van der Waals surface area (Å²) < 4.78 is 30.9. The molecular weight excluding hydrogens is 338 g/mol. The highest BCUT2D eigenvalue weighted by Gasteiger charge is 2.24. The molecule has 1 N–H and O–H groups in total. The summed E-state index contributed by atoms with van der Waals surface area (Å²) in [5.74, 6) is -1.87. The Morgan fingerprint density at radius 1 is 1.29 bits per heavy atom. The summed E-state index contributed by atoms with van der Waals surface area (Å²) >= 11 is 1.15. The quantitative estimate of drug-likeness (QED) is 0.823. The van der Waals surface area contributed by atoms with Gasteiger partial charge in [-0.25, -0.2) is 13.6 Å². The van der Waals surface area contributed by atoms with Crippen LogP contribution in [0.4, 0.5) is 13.6 Å². The Kier molecular flexibility index (Phi) is 6.84. The number of hydrogen-bond acceptors (Lipinski definition) is 4. The van der Waals surface area contributed by atoms with Crippen molar-refractivity contribution in [2.24, 2.45) is 0 Å². The van der Waals surface area contributed by atoms with Gasteiger partial charge in [0.15, 0.2) is 11.6 Å². The molecule has 1 aliphatic heterocycles. The van der Waals surface area contributed by atoms with Crippen molar-refractivity contribution in [3.05, 3.63) is 29.8 Å². The minimum Gasteiger partial charge on any atom is -0.450 e. The fourth-order valence-corrected chi connectivity index (χ4v) is 3.14. The molecule has 2 amide bonds. The Bertz CT molecular complexity index is 593. The lowest BCUT2D eigenvalue weighted by Crippen LogP contribution is -2.47. The first-order chi connectivity index (χ1) is 11.5. The SMILES string of the molecule is CCOC(=O)N1CCC(NC(=O)CSc2ccc(F)c(F)c2)CC1. The van der Waals surface area contributed by atoms with Crippen molar-refractivity contribution in [1.29, 1.82) is 0 Å². The van der Waals surface area contributed by atoms with Crippen LogP contribution in [-0.2, 0) is 9.53 Å². The highest BCUT2D eigenvalue weighted by Crippen LogP contribution is 2.20. The average Bonchev–Trinajstić information content (AvgIpc) is 2.57. The fourth-order valence-electron chi connectivity index (χ4n) is 2.41. The third kappa shape index (κ3) is 5.36. The number of piperidine rings is 1. The second-order valence-electron chi connectivity index (χ2n) is 5.39. The van der Waals surface area contributed by atoms with Gasteiger partial charge in [-0.15, -0.1) is 11.8 Å². The van der Waals surface area contributed by atoms with E-state index in [4.69, 9.17) is 4.74 Å². The molecule has 24 heavy (non-hydrogen) atoms. The first-order valence-electron chi connectivity index (χ1n) is 7.78. The van der Waals surface area contributed by atoms with E-state index in [2.05, 4.69) is 5.32 Å². The minimum atomic E-state index is -0.924. The molecule has 1 aliphatic rings. The molecule has 1 aromatic carbocycles. The maximum Gasteiger partial charge on any atom is 0.409 e. The number of carbonyl (C=O) groups is 2. The Morgan fingerprint density at radius 2 is 2.00 bits per heavy atom. The van der Waals surface area contributed by atoms with Crippen LogP contribution in [0.25, 0.3) is 0 Å². The van der Waals surface area contributed by atoms with Crippen molar-refractivity contribution in [2.45, 2.75) is 30.7 Å². The third-order valence-electron chi connectivity index (χ3n) is 3.65. The molecule has 5 nitrogen and oxygen atoms in total. The lowest BCUT2D eigenvalue weighted by Gasteiger charge is -2.31. The van der Waals surface area contributed by atoms with E-state index in [1.54, 1.807) is 11.8 Å². The van der Waals surface area contributed by atoms with Crippen molar-refractivity contribution in [2.75, 3.05) is 25.4 Å². The molecular formula is C16H20F2N2O3S. The van der Waals surface area contributed by atoms with Crippen LogP contribution < -0.4 is 5.32 Å². The molecule has 132 valence electrons. The van der Waals surface area contributed by atoms with E-state index in [1.165, 1.54) is 6.07 Å².